The summed E-state index contributed by atoms with van der Waals surface area (Å²) < 4.78 is 0. The van der Waals surface area contributed by atoms with Crippen LogP contribution in [-0.4, -0.2) is 30.3 Å². The molecule has 0 aromatic heterocycles. The summed E-state index contributed by atoms with van der Waals surface area (Å²) in [5.41, 5.74) is 2.36. The van der Waals surface area contributed by atoms with Crippen LogP contribution in [0.5, 0.6) is 0 Å². The summed E-state index contributed by atoms with van der Waals surface area (Å²) in [4.78, 5) is 2.30. The van der Waals surface area contributed by atoms with Crippen LogP contribution in [0.2, 0.25) is 5.02 Å². The molecule has 0 radical (unpaired) electrons. The second-order valence-electron chi connectivity index (χ2n) is 6.11. The topological polar surface area (TPSA) is 35.5 Å². The van der Waals surface area contributed by atoms with E-state index in [1.54, 1.807) is 0 Å². The molecule has 0 spiro atoms. The first-order chi connectivity index (χ1) is 9.70. The highest BCUT2D eigenvalue weighted by Gasteiger charge is 2.33. The van der Waals surface area contributed by atoms with Gasteiger partial charge in [0.25, 0.3) is 0 Å². The number of anilines is 1. The maximum atomic E-state index is 9.68. The van der Waals surface area contributed by atoms with E-state index in [2.05, 4.69) is 23.2 Å². The van der Waals surface area contributed by atoms with Crippen LogP contribution in [0.4, 0.5) is 5.69 Å². The number of nitrogens with zero attached hydrogens (tertiary/aromatic N) is 1. The van der Waals surface area contributed by atoms with Gasteiger partial charge in [0.2, 0.25) is 0 Å². The third-order valence-electron chi connectivity index (χ3n) is 4.59. The first kappa shape index (κ1) is 14.2. The maximum absolute atomic E-state index is 9.68. The monoisotopic (exact) mass is 294 g/mol. The molecule has 1 aliphatic carbocycles. The molecule has 2 N–H and O–H groups in total. The Kier molecular flexibility index (Phi) is 4.20. The molecule has 2 fully saturated rings. The lowest BCUT2D eigenvalue weighted by Crippen LogP contribution is -2.36. The van der Waals surface area contributed by atoms with Gasteiger partial charge in [0.05, 0.1) is 23.4 Å². The lowest BCUT2D eigenvalue weighted by molar-refractivity contribution is 0.244. The second-order valence-corrected chi connectivity index (χ2v) is 6.52. The molecule has 0 amide bonds. The lowest BCUT2D eigenvalue weighted by atomic mass is 10.0. The second kappa shape index (κ2) is 5.92. The van der Waals surface area contributed by atoms with Gasteiger partial charge in [-0.25, -0.2) is 0 Å². The number of hydrogen-bond acceptors (Lipinski definition) is 3. The largest absolute Gasteiger partial charge is 0.394 e. The standard InChI is InChI=1S/C16H23ClN2O/c1-11-7-8-19(15(11)10-20)16-12(3-2-4-14(16)17)9-18-13-5-6-13/h2-4,11,13,15,18,20H,5-10H2,1H3. The molecule has 4 heteroatoms. The minimum absolute atomic E-state index is 0.189. The van der Waals surface area contributed by atoms with E-state index in [0.29, 0.717) is 12.0 Å². The number of rotatable bonds is 5. The highest BCUT2D eigenvalue weighted by molar-refractivity contribution is 6.33. The Hall–Kier alpha value is -0.770. The summed E-state index contributed by atoms with van der Waals surface area (Å²) in [7, 11) is 0. The van der Waals surface area contributed by atoms with E-state index < -0.39 is 0 Å². The molecular weight excluding hydrogens is 272 g/mol. The Morgan fingerprint density at radius 1 is 1.35 bits per heavy atom. The summed E-state index contributed by atoms with van der Waals surface area (Å²) in [5.74, 6) is 0.514. The van der Waals surface area contributed by atoms with E-state index in [-0.39, 0.29) is 12.6 Å². The molecule has 1 aromatic carbocycles. The molecule has 1 aliphatic heterocycles. The number of halogens is 1. The minimum atomic E-state index is 0.189. The predicted octanol–water partition coefficient (Wildman–Crippen LogP) is 2.80. The Bertz CT molecular complexity index is 476. The Labute approximate surface area is 125 Å². The molecule has 0 bridgehead atoms. The van der Waals surface area contributed by atoms with Gasteiger partial charge in [-0.05, 0) is 36.8 Å². The Morgan fingerprint density at radius 3 is 2.85 bits per heavy atom. The lowest BCUT2D eigenvalue weighted by Gasteiger charge is -2.30. The van der Waals surface area contributed by atoms with Gasteiger partial charge >= 0.3 is 0 Å². The van der Waals surface area contributed by atoms with Crippen LogP contribution in [-0.2, 0) is 6.54 Å². The zero-order valence-electron chi connectivity index (χ0n) is 12.0. The molecule has 2 aliphatic rings. The van der Waals surface area contributed by atoms with Crippen LogP contribution in [0, 0.1) is 5.92 Å². The van der Waals surface area contributed by atoms with Crippen molar-refractivity contribution in [2.24, 2.45) is 5.92 Å². The van der Waals surface area contributed by atoms with E-state index in [9.17, 15) is 5.11 Å². The molecule has 3 rings (SSSR count). The van der Waals surface area contributed by atoms with Crippen molar-refractivity contribution in [3.05, 3.63) is 28.8 Å². The fraction of sp³-hybridized carbons (Fsp3) is 0.625. The van der Waals surface area contributed by atoms with Crippen LogP contribution in [0.3, 0.4) is 0 Å². The summed E-state index contributed by atoms with van der Waals surface area (Å²) in [6.07, 6.45) is 3.69. The number of para-hydroxylation sites is 1. The number of aliphatic hydroxyl groups is 1. The molecule has 1 saturated heterocycles. The maximum Gasteiger partial charge on any atom is 0.0643 e. The number of nitrogens with one attached hydrogen (secondary N) is 1. The molecule has 2 atom stereocenters. The van der Waals surface area contributed by atoms with Crippen molar-refractivity contribution in [3.8, 4) is 0 Å². The van der Waals surface area contributed by atoms with Gasteiger partial charge in [0.1, 0.15) is 0 Å². The van der Waals surface area contributed by atoms with Crippen LogP contribution < -0.4 is 10.2 Å². The van der Waals surface area contributed by atoms with Gasteiger partial charge in [-0.15, -0.1) is 0 Å². The zero-order chi connectivity index (χ0) is 14.1. The number of aliphatic hydroxyl groups excluding tert-OH is 1. The summed E-state index contributed by atoms with van der Waals surface area (Å²) in [6, 6.07) is 6.99. The van der Waals surface area contributed by atoms with Crippen LogP contribution in [0.15, 0.2) is 18.2 Å². The van der Waals surface area contributed by atoms with Crippen molar-refractivity contribution < 1.29 is 5.11 Å². The first-order valence-corrected chi connectivity index (χ1v) is 7.96. The van der Waals surface area contributed by atoms with Crippen molar-refractivity contribution in [3.63, 3.8) is 0 Å². The summed E-state index contributed by atoms with van der Waals surface area (Å²) in [5, 5.41) is 14.0. The highest BCUT2D eigenvalue weighted by atomic mass is 35.5. The average molecular weight is 295 g/mol. The van der Waals surface area contributed by atoms with Gasteiger partial charge in [-0.2, -0.15) is 0 Å². The molecule has 1 heterocycles. The van der Waals surface area contributed by atoms with Crippen LogP contribution in [0.1, 0.15) is 31.7 Å². The van der Waals surface area contributed by atoms with Gasteiger partial charge in [-0.1, -0.05) is 30.7 Å². The predicted molar refractivity (Wildman–Crippen MR) is 83.3 cm³/mol. The van der Waals surface area contributed by atoms with Crippen molar-refractivity contribution in [2.75, 3.05) is 18.1 Å². The molecule has 20 heavy (non-hydrogen) atoms. The molecule has 3 nitrogen and oxygen atoms in total. The quantitative estimate of drug-likeness (QED) is 0.876. The van der Waals surface area contributed by atoms with Crippen molar-refractivity contribution in [1.82, 2.24) is 5.32 Å². The van der Waals surface area contributed by atoms with Crippen LogP contribution >= 0.6 is 11.6 Å². The van der Waals surface area contributed by atoms with Gasteiger partial charge in [0, 0.05) is 19.1 Å². The number of benzene rings is 1. The Balaban J connectivity index is 1.86. The van der Waals surface area contributed by atoms with Gasteiger partial charge < -0.3 is 15.3 Å². The smallest absolute Gasteiger partial charge is 0.0643 e. The highest BCUT2D eigenvalue weighted by Crippen LogP contribution is 2.37. The fourth-order valence-electron chi connectivity index (χ4n) is 3.13. The third-order valence-corrected chi connectivity index (χ3v) is 4.89. The van der Waals surface area contributed by atoms with E-state index >= 15 is 0 Å². The first-order valence-electron chi connectivity index (χ1n) is 7.59. The SMILES string of the molecule is CC1CCN(c2c(Cl)cccc2CNC2CC2)C1CO. The van der Waals surface area contributed by atoms with Crippen LogP contribution in [0.25, 0.3) is 0 Å². The van der Waals surface area contributed by atoms with E-state index in [0.717, 1.165) is 30.2 Å². The molecular formula is C16H23ClN2O. The minimum Gasteiger partial charge on any atom is -0.394 e. The summed E-state index contributed by atoms with van der Waals surface area (Å²) in [6.45, 7) is 4.25. The van der Waals surface area contributed by atoms with Crippen molar-refractivity contribution >= 4 is 17.3 Å². The van der Waals surface area contributed by atoms with Gasteiger partial charge in [-0.3, -0.25) is 0 Å². The zero-order valence-corrected chi connectivity index (χ0v) is 12.7. The van der Waals surface area contributed by atoms with Crippen molar-refractivity contribution in [1.29, 1.82) is 0 Å². The molecule has 2 unspecified atom stereocenters. The Morgan fingerprint density at radius 2 is 2.15 bits per heavy atom. The average Bonchev–Trinajstić information content (AvgIpc) is 3.19. The molecule has 1 aromatic rings. The molecule has 1 saturated carbocycles. The normalized spacial score (nSPS) is 26.2. The van der Waals surface area contributed by atoms with Gasteiger partial charge in [0.15, 0.2) is 0 Å². The summed E-state index contributed by atoms with van der Waals surface area (Å²) >= 11 is 6.46. The number of hydrogen-bond donors (Lipinski definition) is 2. The third kappa shape index (κ3) is 2.80. The van der Waals surface area contributed by atoms with E-state index in [4.69, 9.17) is 11.6 Å². The van der Waals surface area contributed by atoms with Crippen molar-refractivity contribution in [2.45, 2.75) is 44.8 Å². The van der Waals surface area contributed by atoms with E-state index in [1.165, 1.54) is 18.4 Å². The molecule has 110 valence electrons. The fourth-order valence-corrected chi connectivity index (χ4v) is 3.43. The van der Waals surface area contributed by atoms with E-state index in [1.807, 2.05) is 12.1 Å².